The molecule has 5 aromatic rings. The van der Waals surface area contributed by atoms with Gasteiger partial charge in [0.15, 0.2) is 5.65 Å². The highest BCUT2D eigenvalue weighted by Crippen LogP contribution is 2.36. The molecule has 2 saturated heterocycles. The number of amides is 2. The summed E-state index contributed by atoms with van der Waals surface area (Å²) in [5.41, 5.74) is 10.9. The Morgan fingerprint density at radius 3 is 2.36 bits per heavy atom. The van der Waals surface area contributed by atoms with Gasteiger partial charge in [0.2, 0.25) is 11.8 Å². The van der Waals surface area contributed by atoms with Gasteiger partial charge >= 0.3 is 0 Å². The van der Waals surface area contributed by atoms with Gasteiger partial charge in [-0.05, 0) is 66.8 Å². The molecule has 44 heavy (non-hydrogen) atoms. The number of benzene rings is 3. The number of ether oxygens (including phenoxy) is 1. The van der Waals surface area contributed by atoms with Crippen molar-refractivity contribution in [3.63, 3.8) is 0 Å². The molecule has 2 aromatic heterocycles. The Balaban J connectivity index is 1.08. The highest BCUT2D eigenvalue weighted by Gasteiger charge is 2.31. The molecule has 0 bridgehead atoms. The number of rotatable bonds is 7. The molecule has 2 amide bonds. The SMILES string of the molecule is Nc1ncnc2c1c(-c1ccc(Oc3ccccc3)cc1)nn2C1CCN(Cc2ccccc2C2CCC(=O)NC2=O)CC1. The van der Waals surface area contributed by atoms with E-state index in [0.717, 1.165) is 77.4 Å². The van der Waals surface area contributed by atoms with Crippen LogP contribution in [-0.2, 0) is 16.1 Å². The number of likely N-dealkylation sites (tertiary alicyclic amines) is 1. The van der Waals surface area contributed by atoms with Gasteiger partial charge in [-0.25, -0.2) is 14.6 Å². The number of piperidine rings is 2. The summed E-state index contributed by atoms with van der Waals surface area (Å²) in [5.74, 6) is 1.23. The summed E-state index contributed by atoms with van der Waals surface area (Å²) in [6, 6.07) is 25.7. The first-order chi connectivity index (χ1) is 21.5. The summed E-state index contributed by atoms with van der Waals surface area (Å²) in [6.45, 7) is 2.49. The van der Waals surface area contributed by atoms with Crippen LogP contribution < -0.4 is 15.8 Å². The van der Waals surface area contributed by atoms with E-state index in [9.17, 15) is 9.59 Å². The van der Waals surface area contributed by atoms with Crippen molar-refractivity contribution >= 4 is 28.7 Å². The van der Waals surface area contributed by atoms with Crippen LogP contribution in [0.15, 0.2) is 85.2 Å². The van der Waals surface area contributed by atoms with Gasteiger partial charge in [-0.2, -0.15) is 5.10 Å². The lowest BCUT2D eigenvalue weighted by atomic mass is 9.87. The number of nitrogen functional groups attached to an aromatic ring is 1. The number of carbonyl (C=O) groups is 2. The number of nitrogens with two attached hydrogens (primary N) is 1. The van der Waals surface area contributed by atoms with Crippen molar-refractivity contribution in [2.45, 2.75) is 44.2 Å². The van der Waals surface area contributed by atoms with Crippen LogP contribution in [0.2, 0.25) is 0 Å². The topological polar surface area (TPSA) is 128 Å². The molecular weight excluding hydrogens is 554 g/mol. The van der Waals surface area contributed by atoms with E-state index >= 15 is 0 Å². The Labute approximate surface area is 254 Å². The maximum Gasteiger partial charge on any atom is 0.234 e. The largest absolute Gasteiger partial charge is 0.457 e. The minimum Gasteiger partial charge on any atom is -0.457 e. The van der Waals surface area contributed by atoms with Gasteiger partial charge in [-0.15, -0.1) is 0 Å². The van der Waals surface area contributed by atoms with Crippen molar-refractivity contribution in [3.8, 4) is 22.8 Å². The van der Waals surface area contributed by atoms with Crippen LogP contribution in [0, 0.1) is 0 Å². The number of aromatic nitrogens is 4. The molecular formula is C34H33N7O3. The number of para-hydroxylation sites is 1. The molecule has 222 valence electrons. The molecule has 2 fully saturated rings. The van der Waals surface area contributed by atoms with E-state index in [-0.39, 0.29) is 23.8 Å². The van der Waals surface area contributed by atoms with Gasteiger partial charge in [0.1, 0.15) is 29.3 Å². The number of hydrogen-bond acceptors (Lipinski definition) is 8. The Hall–Kier alpha value is -5.09. The summed E-state index contributed by atoms with van der Waals surface area (Å²) >= 11 is 0. The fourth-order valence-electron chi connectivity index (χ4n) is 6.33. The first-order valence-electron chi connectivity index (χ1n) is 15.0. The molecule has 10 nitrogen and oxygen atoms in total. The molecule has 0 saturated carbocycles. The van der Waals surface area contributed by atoms with Gasteiger partial charge in [0, 0.05) is 31.6 Å². The molecule has 2 aliphatic heterocycles. The second-order valence-electron chi connectivity index (χ2n) is 11.4. The third-order valence-corrected chi connectivity index (χ3v) is 8.59. The van der Waals surface area contributed by atoms with Crippen LogP contribution in [0.4, 0.5) is 5.82 Å². The lowest BCUT2D eigenvalue weighted by Gasteiger charge is -2.33. The second kappa shape index (κ2) is 11.9. The average molecular weight is 588 g/mol. The molecule has 0 radical (unpaired) electrons. The van der Waals surface area contributed by atoms with Crippen LogP contribution in [0.3, 0.4) is 0 Å². The highest BCUT2D eigenvalue weighted by atomic mass is 16.5. The van der Waals surface area contributed by atoms with Crippen LogP contribution in [0.1, 0.15) is 48.8 Å². The van der Waals surface area contributed by atoms with E-state index in [1.165, 1.54) is 6.33 Å². The number of nitrogens with one attached hydrogen (secondary N) is 1. The predicted molar refractivity (Wildman–Crippen MR) is 167 cm³/mol. The number of anilines is 1. The summed E-state index contributed by atoms with van der Waals surface area (Å²) in [5, 5.41) is 8.31. The van der Waals surface area contributed by atoms with Crippen molar-refractivity contribution in [1.82, 2.24) is 30.0 Å². The maximum absolute atomic E-state index is 12.6. The monoisotopic (exact) mass is 587 g/mol. The van der Waals surface area contributed by atoms with Crippen LogP contribution in [0.5, 0.6) is 11.5 Å². The molecule has 3 N–H and O–H groups in total. The molecule has 7 rings (SSSR count). The Morgan fingerprint density at radius 1 is 0.864 bits per heavy atom. The van der Waals surface area contributed by atoms with Crippen molar-refractivity contribution in [3.05, 3.63) is 96.3 Å². The number of fused-ring (bicyclic) bond motifs is 1. The lowest BCUT2D eigenvalue weighted by molar-refractivity contribution is -0.134. The van der Waals surface area contributed by atoms with Gasteiger partial charge in [-0.3, -0.25) is 19.8 Å². The summed E-state index contributed by atoms with van der Waals surface area (Å²) in [4.78, 5) is 35.6. The number of nitrogens with zero attached hydrogens (tertiary/aromatic N) is 5. The van der Waals surface area contributed by atoms with Gasteiger partial charge in [-0.1, -0.05) is 42.5 Å². The summed E-state index contributed by atoms with van der Waals surface area (Å²) in [7, 11) is 0. The predicted octanol–water partition coefficient (Wildman–Crippen LogP) is 5.23. The molecule has 0 aliphatic carbocycles. The van der Waals surface area contributed by atoms with E-state index in [1.54, 1.807) is 0 Å². The number of imide groups is 1. The third-order valence-electron chi connectivity index (χ3n) is 8.59. The lowest BCUT2D eigenvalue weighted by Crippen LogP contribution is -2.40. The first-order valence-corrected chi connectivity index (χ1v) is 15.0. The molecule has 4 heterocycles. The zero-order valence-corrected chi connectivity index (χ0v) is 24.2. The van der Waals surface area contributed by atoms with Gasteiger partial charge in [0.25, 0.3) is 0 Å². The fourth-order valence-corrected chi connectivity index (χ4v) is 6.33. The average Bonchev–Trinajstić information content (AvgIpc) is 3.44. The Morgan fingerprint density at radius 2 is 1.59 bits per heavy atom. The van der Waals surface area contributed by atoms with E-state index < -0.39 is 0 Å². The standard InChI is InChI=1S/C34H33N7O3/c35-32-30-31(22-10-12-26(13-11-22)44-25-7-2-1-3-8-25)39-41(33(30)37-21-36-32)24-16-18-40(19-17-24)20-23-6-4-5-9-27(23)28-14-15-29(42)38-34(28)43/h1-13,21,24,28H,14-20H2,(H2,35,36,37)(H,38,42,43). The second-order valence-corrected chi connectivity index (χ2v) is 11.4. The summed E-state index contributed by atoms with van der Waals surface area (Å²) < 4.78 is 7.99. The number of hydrogen-bond donors (Lipinski definition) is 2. The van der Waals surface area contributed by atoms with Crippen molar-refractivity contribution < 1.29 is 14.3 Å². The molecule has 2 aliphatic rings. The maximum atomic E-state index is 12.6. The Kier molecular flexibility index (Phi) is 7.49. The minimum absolute atomic E-state index is 0.155. The van der Waals surface area contributed by atoms with Crippen LogP contribution >= 0.6 is 0 Å². The van der Waals surface area contributed by atoms with E-state index in [1.807, 2.05) is 77.5 Å². The molecule has 10 heteroatoms. The van der Waals surface area contributed by atoms with Crippen LogP contribution in [-0.4, -0.2) is 49.6 Å². The fraction of sp³-hybridized carbons (Fsp3) is 0.265. The molecule has 3 aromatic carbocycles. The summed E-state index contributed by atoms with van der Waals surface area (Å²) in [6.07, 6.45) is 4.20. The first kappa shape index (κ1) is 27.7. The quantitative estimate of drug-likeness (QED) is 0.248. The van der Waals surface area contributed by atoms with Gasteiger partial charge < -0.3 is 10.5 Å². The number of carbonyl (C=O) groups excluding carboxylic acids is 2. The zero-order valence-electron chi connectivity index (χ0n) is 24.2. The van der Waals surface area contributed by atoms with E-state index in [0.29, 0.717) is 18.7 Å². The van der Waals surface area contributed by atoms with Crippen LogP contribution in [0.25, 0.3) is 22.3 Å². The Bertz CT molecular complexity index is 1810. The van der Waals surface area contributed by atoms with Crippen molar-refractivity contribution in [1.29, 1.82) is 0 Å². The molecule has 1 atom stereocenters. The molecule has 1 unspecified atom stereocenters. The highest BCUT2D eigenvalue weighted by molar-refractivity contribution is 6.01. The molecule has 0 spiro atoms. The van der Waals surface area contributed by atoms with Crippen molar-refractivity contribution in [2.24, 2.45) is 0 Å². The minimum atomic E-state index is -0.292. The van der Waals surface area contributed by atoms with E-state index in [2.05, 4.69) is 26.3 Å². The normalized spacial score (nSPS) is 18.0. The van der Waals surface area contributed by atoms with Crippen molar-refractivity contribution in [2.75, 3.05) is 18.8 Å². The van der Waals surface area contributed by atoms with Gasteiger partial charge in [0.05, 0.1) is 17.3 Å². The smallest absolute Gasteiger partial charge is 0.234 e. The third kappa shape index (κ3) is 5.51. The van der Waals surface area contributed by atoms with E-state index in [4.69, 9.17) is 15.6 Å². The zero-order chi connectivity index (χ0) is 30.0.